The molecule has 2 aliphatic heterocycles. The van der Waals surface area contributed by atoms with Gasteiger partial charge in [-0.2, -0.15) is 0 Å². The maximum Gasteiger partial charge on any atom is 0.231 e. The number of carbonyl (C=O) groups excluding carboxylic acids is 1. The summed E-state index contributed by atoms with van der Waals surface area (Å²) < 4.78 is 17.4. The molecule has 0 saturated carbocycles. The van der Waals surface area contributed by atoms with Crippen LogP contribution in [0.15, 0.2) is 36.4 Å². The lowest BCUT2D eigenvalue weighted by Gasteiger charge is -2.37. The van der Waals surface area contributed by atoms with Crippen LogP contribution in [0.25, 0.3) is 10.2 Å². The molecule has 2 aliphatic rings. The minimum absolute atomic E-state index is 0.00991. The Hall–Kier alpha value is -3.00. The number of nitrogens with one attached hydrogen (secondary N) is 1. The molecule has 144 valence electrons. The molecular weight excluding hydrogens is 378 g/mol. The van der Waals surface area contributed by atoms with E-state index in [1.807, 2.05) is 36.4 Å². The molecular formula is C20H19N3O4S. The molecule has 0 radical (unpaired) electrons. The zero-order valence-electron chi connectivity index (χ0n) is 15.3. The molecule has 2 aromatic carbocycles. The Balaban J connectivity index is 1.22. The van der Waals surface area contributed by atoms with E-state index < -0.39 is 0 Å². The Morgan fingerprint density at radius 3 is 2.82 bits per heavy atom. The second kappa shape index (κ2) is 6.87. The Bertz CT molecular complexity index is 1050. The number of thiazole rings is 1. The molecule has 1 amide bonds. The van der Waals surface area contributed by atoms with Crippen LogP contribution in [-0.4, -0.2) is 44.3 Å². The Labute approximate surface area is 165 Å². The first kappa shape index (κ1) is 17.1. The maximum absolute atomic E-state index is 12.6. The van der Waals surface area contributed by atoms with Gasteiger partial charge in [0, 0.05) is 30.9 Å². The number of hydrogen-bond acceptors (Lipinski definition) is 7. The average molecular weight is 397 g/mol. The monoisotopic (exact) mass is 397 g/mol. The van der Waals surface area contributed by atoms with Gasteiger partial charge in [-0.1, -0.05) is 11.3 Å². The van der Waals surface area contributed by atoms with E-state index in [-0.39, 0.29) is 11.8 Å². The molecule has 7 nitrogen and oxygen atoms in total. The third-order valence-electron chi connectivity index (χ3n) is 4.92. The second-order valence-corrected chi connectivity index (χ2v) is 7.79. The molecule has 0 bridgehead atoms. The fraction of sp³-hybridized carbons (Fsp3) is 0.300. The lowest BCUT2D eigenvalue weighted by Crippen LogP contribution is -2.52. The number of carbonyl (C=O) groups is 1. The average Bonchev–Trinajstić information content (AvgIpc) is 3.09. The van der Waals surface area contributed by atoms with E-state index in [1.54, 1.807) is 18.4 Å². The van der Waals surface area contributed by atoms with Crippen molar-refractivity contribution in [3.63, 3.8) is 0 Å². The third kappa shape index (κ3) is 3.09. The minimum atomic E-state index is -0.0604. The summed E-state index contributed by atoms with van der Waals surface area (Å²) in [4.78, 5) is 19.4. The number of aromatic nitrogens is 1. The second-order valence-electron chi connectivity index (χ2n) is 6.78. The van der Waals surface area contributed by atoms with E-state index in [9.17, 15) is 4.79 Å². The Kier molecular flexibility index (Phi) is 4.20. The van der Waals surface area contributed by atoms with Crippen molar-refractivity contribution in [2.75, 3.05) is 43.6 Å². The predicted octanol–water partition coefficient (Wildman–Crippen LogP) is 3.15. The van der Waals surface area contributed by atoms with E-state index in [0.29, 0.717) is 37.8 Å². The molecule has 0 aliphatic carbocycles. The number of fused-ring (bicyclic) bond motifs is 2. The standard InChI is InChI=1S/C20H19N3O4S/c1-25-14-3-5-18-15(9-14)22-20(28-18)23-10-12(11-23)19(24)21-13-2-4-16-17(8-13)27-7-6-26-16/h2-5,8-9,12H,6-7,10-11H2,1H3,(H,21,24). The van der Waals surface area contributed by atoms with Gasteiger partial charge in [-0.15, -0.1) is 0 Å². The SMILES string of the molecule is COc1ccc2sc(N3CC(C(=O)Nc4ccc5c(c4)OCCO5)C3)nc2c1. The topological polar surface area (TPSA) is 72.9 Å². The molecule has 8 heteroatoms. The largest absolute Gasteiger partial charge is 0.497 e. The summed E-state index contributed by atoms with van der Waals surface area (Å²) in [5, 5.41) is 3.91. The molecule has 1 fully saturated rings. The van der Waals surface area contributed by atoms with Gasteiger partial charge in [0.25, 0.3) is 0 Å². The molecule has 0 unspecified atom stereocenters. The lowest BCUT2D eigenvalue weighted by atomic mass is 10.00. The number of methoxy groups -OCH3 is 1. The molecule has 1 N–H and O–H groups in total. The molecule has 3 heterocycles. The number of anilines is 2. The van der Waals surface area contributed by atoms with Gasteiger partial charge in [0.05, 0.1) is 23.2 Å². The van der Waals surface area contributed by atoms with E-state index in [2.05, 4.69) is 15.2 Å². The number of nitrogens with zero attached hydrogens (tertiary/aromatic N) is 2. The van der Waals surface area contributed by atoms with Crippen molar-refractivity contribution in [2.45, 2.75) is 0 Å². The van der Waals surface area contributed by atoms with Gasteiger partial charge in [-0.25, -0.2) is 4.98 Å². The van der Waals surface area contributed by atoms with Crippen LogP contribution in [0.1, 0.15) is 0 Å². The van der Waals surface area contributed by atoms with Crippen molar-refractivity contribution >= 4 is 38.3 Å². The molecule has 1 aromatic heterocycles. The predicted molar refractivity (Wildman–Crippen MR) is 108 cm³/mol. The summed E-state index contributed by atoms with van der Waals surface area (Å²) in [5.74, 6) is 2.13. The van der Waals surface area contributed by atoms with Gasteiger partial charge in [0.2, 0.25) is 5.91 Å². The van der Waals surface area contributed by atoms with Crippen LogP contribution in [0, 0.1) is 5.92 Å². The first-order valence-corrected chi connectivity index (χ1v) is 9.91. The van der Waals surface area contributed by atoms with Gasteiger partial charge in [0.15, 0.2) is 16.6 Å². The van der Waals surface area contributed by atoms with Gasteiger partial charge in [0.1, 0.15) is 19.0 Å². The zero-order valence-corrected chi connectivity index (χ0v) is 16.1. The lowest BCUT2D eigenvalue weighted by molar-refractivity contribution is -0.120. The van der Waals surface area contributed by atoms with Gasteiger partial charge < -0.3 is 24.4 Å². The summed E-state index contributed by atoms with van der Waals surface area (Å²) in [7, 11) is 1.65. The van der Waals surface area contributed by atoms with Crippen molar-refractivity contribution in [3.8, 4) is 17.2 Å². The van der Waals surface area contributed by atoms with Crippen LogP contribution in [0.4, 0.5) is 10.8 Å². The van der Waals surface area contributed by atoms with Gasteiger partial charge in [-0.3, -0.25) is 4.79 Å². The van der Waals surface area contributed by atoms with Crippen LogP contribution < -0.4 is 24.4 Å². The smallest absolute Gasteiger partial charge is 0.231 e. The van der Waals surface area contributed by atoms with E-state index in [1.165, 1.54) is 0 Å². The normalized spacial score (nSPS) is 16.0. The van der Waals surface area contributed by atoms with Crippen molar-refractivity contribution < 1.29 is 19.0 Å². The van der Waals surface area contributed by atoms with Crippen LogP contribution in [0.5, 0.6) is 17.2 Å². The van der Waals surface area contributed by atoms with Crippen molar-refractivity contribution in [1.29, 1.82) is 0 Å². The number of ether oxygens (including phenoxy) is 3. The molecule has 0 atom stereocenters. The summed E-state index contributed by atoms with van der Waals surface area (Å²) in [6, 6.07) is 11.4. The first-order chi connectivity index (χ1) is 13.7. The van der Waals surface area contributed by atoms with Crippen LogP contribution >= 0.6 is 11.3 Å². The van der Waals surface area contributed by atoms with E-state index >= 15 is 0 Å². The van der Waals surface area contributed by atoms with Crippen molar-refractivity contribution in [1.82, 2.24) is 4.98 Å². The summed E-state index contributed by atoms with van der Waals surface area (Å²) in [5.41, 5.74) is 1.64. The summed E-state index contributed by atoms with van der Waals surface area (Å²) in [6.45, 7) is 2.39. The molecule has 28 heavy (non-hydrogen) atoms. The zero-order chi connectivity index (χ0) is 19.1. The number of hydrogen-bond donors (Lipinski definition) is 1. The van der Waals surface area contributed by atoms with E-state index in [0.717, 1.165) is 26.8 Å². The maximum atomic E-state index is 12.6. The van der Waals surface area contributed by atoms with Crippen LogP contribution in [0.2, 0.25) is 0 Å². The Morgan fingerprint density at radius 1 is 1.18 bits per heavy atom. The highest BCUT2D eigenvalue weighted by Crippen LogP contribution is 2.35. The quantitative estimate of drug-likeness (QED) is 0.729. The van der Waals surface area contributed by atoms with Gasteiger partial charge in [-0.05, 0) is 24.3 Å². The van der Waals surface area contributed by atoms with Gasteiger partial charge >= 0.3 is 0 Å². The number of amides is 1. The molecule has 0 spiro atoms. The molecule has 1 saturated heterocycles. The molecule has 3 aromatic rings. The summed E-state index contributed by atoms with van der Waals surface area (Å²) in [6.07, 6.45) is 0. The van der Waals surface area contributed by atoms with Crippen LogP contribution in [-0.2, 0) is 4.79 Å². The van der Waals surface area contributed by atoms with Crippen molar-refractivity contribution in [2.24, 2.45) is 5.92 Å². The highest BCUT2D eigenvalue weighted by atomic mass is 32.1. The number of benzene rings is 2. The first-order valence-electron chi connectivity index (χ1n) is 9.09. The highest BCUT2D eigenvalue weighted by Gasteiger charge is 2.34. The fourth-order valence-electron chi connectivity index (χ4n) is 3.32. The molecule has 5 rings (SSSR count). The fourth-order valence-corrected chi connectivity index (χ4v) is 4.29. The number of rotatable bonds is 4. The van der Waals surface area contributed by atoms with E-state index in [4.69, 9.17) is 14.2 Å². The highest BCUT2D eigenvalue weighted by molar-refractivity contribution is 7.22. The Morgan fingerprint density at radius 2 is 2.00 bits per heavy atom. The van der Waals surface area contributed by atoms with Crippen LogP contribution in [0.3, 0.4) is 0 Å². The minimum Gasteiger partial charge on any atom is -0.497 e. The summed E-state index contributed by atoms with van der Waals surface area (Å²) >= 11 is 1.63. The van der Waals surface area contributed by atoms with Crippen molar-refractivity contribution in [3.05, 3.63) is 36.4 Å². The third-order valence-corrected chi connectivity index (χ3v) is 6.01.